The summed E-state index contributed by atoms with van der Waals surface area (Å²) >= 11 is 0. The van der Waals surface area contributed by atoms with E-state index in [2.05, 4.69) is 43.0 Å². The lowest BCUT2D eigenvalue weighted by molar-refractivity contribution is 0.135. The third-order valence-corrected chi connectivity index (χ3v) is 8.32. The molecule has 0 N–H and O–H groups in total. The van der Waals surface area contributed by atoms with Crippen LogP contribution in [-0.4, -0.2) is 29.1 Å². The largest absolute Gasteiger partial charge is 0.356 e. The standard InChI is InChI=1S/C34H68N2/c1-4-7-10-12-14-16-17-18-19-20-21-23-25-28-31-36-33-32-35(30-27-9-6-3)34(36)29-26-24-22-15-13-11-8-5-2/h32-34H,4-31H2,1-3H3. The number of hydrogen-bond donors (Lipinski definition) is 0. The van der Waals surface area contributed by atoms with E-state index >= 15 is 0 Å². The van der Waals surface area contributed by atoms with Crippen molar-refractivity contribution in [3.8, 4) is 0 Å². The van der Waals surface area contributed by atoms with Gasteiger partial charge in [-0.05, 0) is 25.7 Å². The van der Waals surface area contributed by atoms with Gasteiger partial charge in [-0.25, -0.2) is 0 Å². The minimum atomic E-state index is 0.643. The van der Waals surface area contributed by atoms with Crippen LogP contribution < -0.4 is 0 Å². The Morgan fingerprint density at radius 1 is 0.361 bits per heavy atom. The van der Waals surface area contributed by atoms with Gasteiger partial charge < -0.3 is 9.80 Å². The third-order valence-electron chi connectivity index (χ3n) is 8.32. The van der Waals surface area contributed by atoms with E-state index in [1.807, 2.05) is 0 Å². The summed E-state index contributed by atoms with van der Waals surface area (Å²) < 4.78 is 0. The van der Waals surface area contributed by atoms with Gasteiger partial charge in [0.15, 0.2) is 0 Å². The Hall–Kier alpha value is -0.660. The van der Waals surface area contributed by atoms with Gasteiger partial charge in [0.2, 0.25) is 0 Å². The molecule has 1 aliphatic rings. The van der Waals surface area contributed by atoms with Crippen molar-refractivity contribution >= 4 is 0 Å². The molecule has 2 nitrogen and oxygen atoms in total. The van der Waals surface area contributed by atoms with Gasteiger partial charge in [-0.1, -0.05) is 162 Å². The van der Waals surface area contributed by atoms with E-state index in [9.17, 15) is 0 Å². The highest BCUT2D eigenvalue weighted by atomic mass is 15.4. The molecule has 36 heavy (non-hydrogen) atoms. The van der Waals surface area contributed by atoms with Crippen molar-refractivity contribution in [2.24, 2.45) is 0 Å². The molecule has 0 saturated carbocycles. The minimum Gasteiger partial charge on any atom is -0.356 e. The molecule has 0 aromatic carbocycles. The molecule has 1 unspecified atom stereocenters. The predicted octanol–water partition coefficient (Wildman–Crippen LogP) is 11.6. The maximum Gasteiger partial charge on any atom is 0.101 e. The van der Waals surface area contributed by atoms with Crippen LogP contribution in [0.5, 0.6) is 0 Å². The van der Waals surface area contributed by atoms with E-state index in [1.165, 1.54) is 180 Å². The first-order valence-electron chi connectivity index (χ1n) is 17.0. The Bertz CT molecular complexity index is 460. The number of nitrogens with zero attached hydrogens (tertiary/aromatic N) is 2. The normalized spacial score (nSPS) is 15.5. The zero-order valence-electron chi connectivity index (χ0n) is 25.4. The molecule has 0 saturated heterocycles. The Morgan fingerprint density at radius 2 is 0.639 bits per heavy atom. The Kier molecular flexibility index (Phi) is 24.1. The molecule has 0 fully saturated rings. The van der Waals surface area contributed by atoms with Crippen molar-refractivity contribution in [1.29, 1.82) is 0 Å². The maximum absolute atomic E-state index is 2.69. The van der Waals surface area contributed by atoms with Crippen LogP contribution in [0.3, 0.4) is 0 Å². The van der Waals surface area contributed by atoms with Crippen LogP contribution in [0, 0.1) is 0 Å². The van der Waals surface area contributed by atoms with Gasteiger partial charge in [-0.15, -0.1) is 0 Å². The smallest absolute Gasteiger partial charge is 0.101 e. The van der Waals surface area contributed by atoms with Crippen molar-refractivity contribution in [3.63, 3.8) is 0 Å². The Balaban J connectivity index is 2.10. The van der Waals surface area contributed by atoms with Crippen LogP contribution >= 0.6 is 0 Å². The molecule has 1 rings (SSSR count). The quantitative estimate of drug-likeness (QED) is 0.0977. The minimum absolute atomic E-state index is 0.643. The van der Waals surface area contributed by atoms with Crippen molar-refractivity contribution in [1.82, 2.24) is 9.80 Å². The lowest BCUT2D eigenvalue weighted by Gasteiger charge is -2.33. The first-order valence-corrected chi connectivity index (χ1v) is 17.0. The average Bonchev–Trinajstić information content (AvgIpc) is 3.27. The van der Waals surface area contributed by atoms with E-state index < -0.39 is 0 Å². The van der Waals surface area contributed by atoms with Crippen molar-refractivity contribution in [3.05, 3.63) is 12.4 Å². The molecule has 0 bridgehead atoms. The molecule has 0 aromatic heterocycles. The molecule has 1 aliphatic heterocycles. The molecule has 0 amide bonds. The highest BCUT2D eigenvalue weighted by Crippen LogP contribution is 2.24. The van der Waals surface area contributed by atoms with E-state index in [0.29, 0.717) is 6.17 Å². The summed E-state index contributed by atoms with van der Waals surface area (Å²) in [5.74, 6) is 0. The first kappa shape index (κ1) is 33.4. The third kappa shape index (κ3) is 18.6. The van der Waals surface area contributed by atoms with E-state index in [-0.39, 0.29) is 0 Å². The Morgan fingerprint density at radius 3 is 1.03 bits per heavy atom. The summed E-state index contributed by atoms with van der Waals surface area (Å²) in [6, 6.07) is 0. The van der Waals surface area contributed by atoms with E-state index in [4.69, 9.17) is 0 Å². The van der Waals surface area contributed by atoms with Crippen molar-refractivity contribution in [2.75, 3.05) is 13.1 Å². The number of unbranched alkanes of at least 4 members (excludes halogenated alkanes) is 22. The highest BCUT2D eigenvalue weighted by molar-refractivity contribution is 4.97. The zero-order valence-corrected chi connectivity index (χ0v) is 25.4. The molecule has 214 valence electrons. The van der Waals surface area contributed by atoms with Crippen LogP contribution in [0.1, 0.15) is 188 Å². The molecule has 0 aromatic rings. The monoisotopic (exact) mass is 505 g/mol. The number of rotatable bonds is 28. The molecular weight excluding hydrogens is 436 g/mol. The zero-order chi connectivity index (χ0) is 25.9. The van der Waals surface area contributed by atoms with Crippen LogP contribution in [0.2, 0.25) is 0 Å². The molecule has 0 spiro atoms. The highest BCUT2D eigenvalue weighted by Gasteiger charge is 2.24. The summed E-state index contributed by atoms with van der Waals surface area (Å²) in [6.45, 7) is 9.45. The summed E-state index contributed by atoms with van der Waals surface area (Å²) in [6.07, 6.45) is 42.5. The molecule has 0 aliphatic carbocycles. The second-order valence-corrected chi connectivity index (χ2v) is 11.8. The van der Waals surface area contributed by atoms with Crippen molar-refractivity contribution in [2.45, 2.75) is 194 Å². The molecular formula is C34H68N2. The van der Waals surface area contributed by atoms with Gasteiger partial charge in [-0.2, -0.15) is 0 Å². The second kappa shape index (κ2) is 26.0. The van der Waals surface area contributed by atoms with Gasteiger partial charge >= 0.3 is 0 Å². The number of hydrogen-bond acceptors (Lipinski definition) is 2. The predicted molar refractivity (Wildman–Crippen MR) is 163 cm³/mol. The lowest BCUT2D eigenvalue weighted by atomic mass is 10.0. The van der Waals surface area contributed by atoms with Gasteiger partial charge in [0.1, 0.15) is 6.17 Å². The van der Waals surface area contributed by atoms with E-state index in [1.54, 1.807) is 0 Å². The van der Waals surface area contributed by atoms with Crippen LogP contribution in [0.4, 0.5) is 0 Å². The van der Waals surface area contributed by atoms with Gasteiger partial charge in [-0.3, -0.25) is 0 Å². The van der Waals surface area contributed by atoms with E-state index in [0.717, 1.165) is 0 Å². The maximum atomic E-state index is 2.69. The summed E-state index contributed by atoms with van der Waals surface area (Å²) in [7, 11) is 0. The average molecular weight is 505 g/mol. The molecule has 1 atom stereocenters. The van der Waals surface area contributed by atoms with Gasteiger partial charge in [0.05, 0.1) is 0 Å². The van der Waals surface area contributed by atoms with Gasteiger partial charge in [0.25, 0.3) is 0 Å². The molecule has 2 heteroatoms. The fourth-order valence-electron chi connectivity index (χ4n) is 5.83. The van der Waals surface area contributed by atoms with Crippen molar-refractivity contribution < 1.29 is 0 Å². The Labute approximate surface area is 229 Å². The topological polar surface area (TPSA) is 6.48 Å². The van der Waals surface area contributed by atoms with Gasteiger partial charge in [0, 0.05) is 25.5 Å². The lowest BCUT2D eigenvalue weighted by Crippen LogP contribution is -2.39. The summed E-state index contributed by atoms with van der Waals surface area (Å²) in [4.78, 5) is 5.36. The molecule has 1 heterocycles. The summed E-state index contributed by atoms with van der Waals surface area (Å²) in [5.41, 5.74) is 0. The van der Waals surface area contributed by atoms with Crippen LogP contribution in [0.25, 0.3) is 0 Å². The first-order chi connectivity index (χ1) is 17.8. The summed E-state index contributed by atoms with van der Waals surface area (Å²) in [5, 5.41) is 0. The van der Waals surface area contributed by atoms with Crippen LogP contribution in [0.15, 0.2) is 12.4 Å². The van der Waals surface area contributed by atoms with Crippen LogP contribution in [-0.2, 0) is 0 Å². The fraction of sp³-hybridized carbons (Fsp3) is 0.941. The fourth-order valence-corrected chi connectivity index (χ4v) is 5.83. The SMILES string of the molecule is CCCCCCCCCCCCCCCCN1C=CN(CCCCC)C1CCCCCCCCCC. The molecule has 0 radical (unpaired) electrons. The second-order valence-electron chi connectivity index (χ2n) is 11.8.